The molecule has 0 aromatic heterocycles. The number of carbonyl (C=O) groups is 2. The summed E-state index contributed by atoms with van der Waals surface area (Å²) in [5, 5.41) is 11.6. The maximum Gasteiger partial charge on any atom is 0.339 e. The lowest BCUT2D eigenvalue weighted by atomic mass is 10.0. The minimum absolute atomic E-state index is 0.0392. The van der Waals surface area contributed by atoms with Crippen LogP contribution in [0.1, 0.15) is 45.2 Å². The summed E-state index contributed by atoms with van der Waals surface area (Å²) in [5.41, 5.74) is 3.24. The summed E-state index contributed by atoms with van der Waals surface area (Å²) >= 11 is 0. The summed E-state index contributed by atoms with van der Waals surface area (Å²) in [6.45, 7) is 3.57. The number of nitro benzene ring substituents is 1. The lowest BCUT2D eigenvalue weighted by Gasteiger charge is -2.28. The average Bonchev–Trinajstić information content (AvgIpc) is 3.26. The minimum atomic E-state index is -0.995. The zero-order chi connectivity index (χ0) is 22.0. The Morgan fingerprint density at radius 2 is 1.77 bits per heavy atom. The number of hydrogen-bond acceptors (Lipinski definition) is 7. The normalized spacial score (nSPS) is 16.5. The van der Waals surface area contributed by atoms with E-state index in [9.17, 15) is 19.7 Å². The number of esters is 1. The molecular weight excluding hydrogens is 400 g/mol. The van der Waals surface area contributed by atoms with Crippen molar-refractivity contribution >= 4 is 23.1 Å². The van der Waals surface area contributed by atoms with Crippen molar-refractivity contribution in [1.29, 1.82) is 0 Å². The number of aryl methyl sites for hydroxylation is 2. The second-order valence-electron chi connectivity index (χ2n) is 7.81. The highest BCUT2D eigenvalue weighted by atomic mass is 16.6. The number of hydrogen-bond donors (Lipinski definition) is 0. The van der Waals surface area contributed by atoms with Crippen molar-refractivity contribution in [2.24, 2.45) is 0 Å². The van der Waals surface area contributed by atoms with Gasteiger partial charge in [-0.25, -0.2) is 4.79 Å². The Bertz CT molecular complexity index is 1030. The van der Waals surface area contributed by atoms with E-state index in [1.807, 2.05) is 17.0 Å². The van der Waals surface area contributed by atoms with Gasteiger partial charge in [-0.3, -0.25) is 14.9 Å². The predicted octanol–water partition coefficient (Wildman–Crippen LogP) is 3.35. The molecule has 8 nitrogen and oxygen atoms in total. The highest BCUT2D eigenvalue weighted by molar-refractivity contribution is 6.01. The van der Waals surface area contributed by atoms with Gasteiger partial charge >= 0.3 is 5.97 Å². The number of benzene rings is 2. The molecule has 1 heterocycles. The van der Waals surface area contributed by atoms with Crippen molar-refractivity contribution in [3.8, 4) is 0 Å². The zero-order valence-electron chi connectivity index (χ0n) is 17.3. The Labute approximate surface area is 179 Å². The van der Waals surface area contributed by atoms with Crippen LogP contribution in [-0.4, -0.2) is 49.1 Å². The number of morpholine rings is 1. The predicted molar refractivity (Wildman–Crippen MR) is 114 cm³/mol. The van der Waals surface area contributed by atoms with E-state index in [4.69, 9.17) is 9.47 Å². The molecule has 0 bridgehead atoms. The highest BCUT2D eigenvalue weighted by Crippen LogP contribution is 2.30. The third kappa shape index (κ3) is 4.44. The maximum absolute atomic E-state index is 12.7. The van der Waals surface area contributed by atoms with Crippen LogP contribution in [-0.2, 0) is 22.3 Å². The third-order valence-corrected chi connectivity index (χ3v) is 5.80. The van der Waals surface area contributed by atoms with E-state index in [0.29, 0.717) is 37.6 Å². The van der Waals surface area contributed by atoms with Crippen molar-refractivity contribution in [3.63, 3.8) is 0 Å². The molecule has 1 saturated heterocycles. The molecule has 0 spiro atoms. The standard InChI is InChI=1S/C23H24N2O6/c1-15(22(26)18-6-5-16-3-2-4-17(16)13-18)31-23(27)19-7-8-20(21(14-19)25(28)29)24-9-11-30-12-10-24/h5-8,13-15H,2-4,9-12H2,1H3. The van der Waals surface area contributed by atoms with E-state index < -0.39 is 17.0 Å². The van der Waals surface area contributed by atoms with E-state index in [-0.39, 0.29) is 17.0 Å². The van der Waals surface area contributed by atoms with Crippen molar-refractivity contribution < 1.29 is 24.0 Å². The fourth-order valence-electron chi connectivity index (χ4n) is 4.11. The Balaban J connectivity index is 1.49. The molecule has 8 heteroatoms. The van der Waals surface area contributed by atoms with Gasteiger partial charge in [0, 0.05) is 24.7 Å². The Kier molecular flexibility index (Phi) is 5.99. The van der Waals surface area contributed by atoms with E-state index in [1.165, 1.54) is 30.2 Å². The number of Topliss-reactive ketones (excluding diaryl/α,β-unsaturated/α-hetero) is 1. The number of ketones is 1. The van der Waals surface area contributed by atoms with Crippen molar-refractivity contribution in [3.05, 3.63) is 68.8 Å². The number of anilines is 1. The van der Waals surface area contributed by atoms with Crippen molar-refractivity contribution in [2.45, 2.75) is 32.3 Å². The molecule has 2 aliphatic rings. The maximum atomic E-state index is 12.7. The second kappa shape index (κ2) is 8.85. The van der Waals surface area contributed by atoms with Crippen LogP contribution in [0.3, 0.4) is 0 Å². The fraction of sp³-hybridized carbons (Fsp3) is 0.391. The molecule has 1 aliphatic heterocycles. The lowest BCUT2D eigenvalue weighted by Crippen LogP contribution is -2.36. The third-order valence-electron chi connectivity index (χ3n) is 5.80. The topological polar surface area (TPSA) is 99.0 Å². The van der Waals surface area contributed by atoms with Gasteiger partial charge in [-0.05, 0) is 55.5 Å². The molecule has 162 valence electrons. The average molecular weight is 424 g/mol. The summed E-state index contributed by atoms with van der Waals surface area (Å²) in [5.74, 6) is -1.05. The number of nitro groups is 1. The van der Waals surface area contributed by atoms with Crippen molar-refractivity contribution in [1.82, 2.24) is 0 Å². The molecule has 1 unspecified atom stereocenters. The minimum Gasteiger partial charge on any atom is -0.451 e. The molecule has 0 radical (unpaired) electrons. The van der Waals surface area contributed by atoms with E-state index >= 15 is 0 Å². The molecule has 2 aromatic carbocycles. The molecule has 2 aromatic rings. The van der Waals surface area contributed by atoms with Gasteiger partial charge in [-0.1, -0.05) is 12.1 Å². The van der Waals surface area contributed by atoms with E-state index in [0.717, 1.165) is 19.3 Å². The highest BCUT2D eigenvalue weighted by Gasteiger charge is 2.26. The Morgan fingerprint density at radius 3 is 2.52 bits per heavy atom. The Hall–Kier alpha value is -3.26. The molecule has 0 amide bonds. The van der Waals surface area contributed by atoms with Gasteiger partial charge in [0.1, 0.15) is 5.69 Å². The largest absolute Gasteiger partial charge is 0.451 e. The number of carbonyl (C=O) groups excluding carboxylic acids is 2. The molecule has 1 aliphatic carbocycles. The first-order valence-corrected chi connectivity index (χ1v) is 10.4. The molecular formula is C23H24N2O6. The van der Waals surface area contributed by atoms with Crippen LogP contribution in [0.25, 0.3) is 0 Å². The SMILES string of the molecule is CC(OC(=O)c1ccc(N2CCOCC2)c([N+](=O)[O-])c1)C(=O)c1ccc2c(c1)CCC2. The summed E-state index contributed by atoms with van der Waals surface area (Å²) in [6, 6.07) is 9.84. The molecule has 1 fully saturated rings. The first-order chi connectivity index (χ1) is 14.9. The smallest absolute Gasteiger partial charge is 0.339 e. The monoisotopic (exact) mass is 424 g/mol. The van der Waals surface area contributed by atoms with Gasteiger partial charge < -0.3 is 14.4 Å². The summed E-state index contributed by atoms with van der Waals surface area (Å²) in [4.78, 5) is 38.3. The molecule has 4 rings (SSSR count). The van der Waals surface area contributed by atoms with Crippen LogP contribution in [0.5, 0.6) is 0 Å². The van der Waals surface area contributed by atoms with E-state index in [1.54, 1.807) is 12.1 Å². The van der Waals surface area contributed by atoms with Crippen LogP contribution in [0.4, 0.5) is 11.4 Å². The van der Waals surface area contributed by atoms with Gasteiger partial charge in [0.05, 0.1) is 23.7 Å². The fourth-order valence-corrected chi connectivity index (χ4v) is 4.11. The summed E-state index contributed by atoms with van der Waals surface area (Å²) in [7, 11) is 0. The number of nitrogens with zero attached hydrogens (tertiary/aromatic N) is 2. The molecule has 1 atom stereocenters. The van der Waals surface area contributed by atoms with Crippen LogP contribution >= 0.6 is 0 Å². The van der Waals surface area contributed by atoms with E-state index in [2.05, 4.69) is 0 Å². The van der Waals surface area contributed by atoms with Crippen LogP contribution < -0.4 is 4.90 Å². The number of rotatable bonds is 6. The van der Waals surface area contributed by atoms with Gasteiger partial charge in [0.25, 0.3) is 5.69 Å². The van der Waals surface area contributed by atoms with Crippen LogP contribution in [0.2, 0.25) is 0 Å². The van der Waals surface area contributed by atoms with Crippen LogP contribution in [0.15, 0.2) is 36.4 Å². The molecule has 0 N–H and O–H groups in total. The van der Waals surface area contributed by atoms with Gasteiger partial charge in [-0.2, -0.15) is 0 Å². The van der Waals surface area contributed by atoms with Crippen molar-refractivity contribution in [2.75, 3.05) is 31.2 Å². The van der Waals surface area contributed by atoms with Gasteiger partial charge in [-0.15, -0.1) is 0 Å². The van der Waals surface area contributed by atoms with Gasteiger partial charge in [0.15, 0.2) is 6.10 Å². The lowest BCUT2D eigenvalue weighted by molar-refractivity contribution is -0.384. The molecule has 31 heavy (non-hydrogen) atoms. The number of fused-ring (bicyclic) bond motifs is 1. The number of ether oxygens (including phenoxy) is 2. The first-order valence-electron chi connectivity index (χ1n) is 10.4. The summed E-state index contributed by atoms with van der Waals surface area (Å²) in [6.07, 6.45) is 2.05. The Morgan fingerprint density at radius 1 is 1.06 bits per heavy atom. The quantitative estimate of drug-likeness (QED) is 0.303. The van der Waals surface area contributed by atoms with Crippen LogP contribution in [0, 0.1) is 10.1 Å². The zero-order valence-corrected chi connectivity index (χ0v) is 17.3. The summed E-state index contributed by atoms with van der Waals surface area (Å²) < 4.78 is 10.6. The first kappa shape index (κ1) is 21.0. The van der Waals surface area contributed by atoms with Gasteiger partial charge in [0.2, 0.25) is 5.78 Å². The second-order valence-corrected chi connectivity index (χ2v) is 7.81. The molecule has 0 saturated carbocycles.